The molecule has 1 aliphatic carbocycles. The van der Waals surface area contributed by atoms with Gasteiger partial charge < -0.3 is 40.3 Å². The van der Waals surface area contributed by atoms with Gasteiger partial charge >= 0.3 is 5.97 Å². The minimum absolute atomic E-state index is 0.00711. The quantitative estimate of drug-likeness (QED) is 0.279. The Morgan fingerprint density at radius 1 is 1.22 bits per heavy atom. The van der Waals surface area contributed by atoms with Crippen LogP contribution in [0, 0.1) is 11.3 Å². The average Bonchev–Trinajstić information content (AvgIpc) is 2.72. The Labute approximate surface area is 188 Å². The van der Waals surface area contributed by atoms with Gasteiger partial charge in [-0.1, -0.05) is 20.8 Å². The summed E-state index contributed by atoms with van der Waals surface area (Å²) < 4.78 is 11.0. The molecule has 10 nitrogen and oxygen atoms in total. The van der Waals surface area contributed by atoms with Gasteiger partial charge in [0.1, 0.15) is 23.9 Å². The van der Waals surface area contributed by atoms with Crippen molar-refractivity contribution in [2.24, 2.45) is 11.3 Å². The maximum absolute atomic E-state index is 13.1. The minimum atomic E-state index is -2.03. The van der Waals surface area contributed by atoms with Crippen LogP contribution in [0.2, 0.25) is 0 Å². The second-order valence-corrected chi connectivity index (χ2v) is 10.3. The van der Waals surface area contributed by atoms with Gasteiger partial charge in [-0.3, -0.25) is 4.79 Å². The van der Waals surface area contributed by atoms with Gasteiger partial charge in [0.2, 0.25) is 5.91 Å². The fraction of sp³-hybridized carbons (Fsp3) is 0.909. The molecule has 1 saturated carbocycles. The van der Waals surface area contributed by atoms with Gasteiger partial charge in [0.25, 0.3) is 0 Å². The molecule has 0 spiro atoms. The van der Waals surface area contributed by atoms with Crippen molar-refractivity contribution in [2.75, 3.05) is 13.7 Å². The van der Waals surface area contributed by atoms with Gasteiger partial charge in [-0.25, -0.2) is 4.79 Å². The van der Waals surface area contributed by atoms with Crippen molar-refractivity contribution in [1.82, 2.24) is 5.32 Å². The maximum atomic E-state index is 13.1. The number of methoxy groups -OCH3 is 1. The number of rotatable bonds is 6. The number of hydrogen-bond acceptors (Lipinski definition) is 9. The third-order valence-electron chi connectivity index (χ3n) is 7.19. The maximum Gasteiger partial charge on any atom is 0.341 e. The van der Waals surface area contributed by atoms with Crippen LogP contribution in [-0.2, 0) is 19.1 Å². The fourth-order valence-corrected chi connectivity index (χ4v) is 5.17. The van der Waals surface area contributed by atoms with Gasteiger partial charge in [0.15, 0.2) is 5.60 Å². The average molecular weight is 462 g/mol. The molecule has 0 aromatic heterocycles. The summed E-state index contributed by atoms with van der Waals surface area (Å²) in [5, 5.41) is 55.1. The van der Waals surface area contributed by atoms with E-state index in [0.29, 0.717) is 18.8 Å². The summed E-state index contributed by atoms with van der Waals surface area (Å²) in [7, 11) is 1.14. The van der Waals surface area contributed by atoms with E-state index >= 15 is 0 Å². The number of hydrogen-bond donors (Lipinski definition) is 6. The third kappa shape index (κ3) is 5.10. The molecule has 0 aromatic rings. The molecule has 0 radical (unpaired) electrons. The molecule has 1 aliphatic heterocycles. The lowest BCUT2D eigenvalue weighted by Gasteiger charge is -2.55. The second kappa shape index (κ2) is 9.90. The Bertz CT molecular complexity index is 671. The second-order valence-electron chi connectivity index (χ2n) is 10.3. The Morgan fingerprint density at radius 2 is 1.78 bits per heavy atom. The summed E-state index contributed by atoms with van der Waals surface area (Å²) in [5.74, 6) is -1.13. The van der Waals surface area contributed by atoms with Gasteiger partial charge in [0.05, 0.1) is 25.9 Å². The summed E-state index contributed by atoms with van der Waals surface area (Å²) >= 11 is 0. The molecule has 10 heteroatoms. The van der Waals surface area contributed by atoms with Crippen LogP contribution in [0.1, 0.15) is 59.8 Å². The van der Waals surface area contributed by atoms with Crippen LogP contribution in [-0.4, -0.2) is 92.8 Å². The van der Waals surface area contributed by atoms with Crippen molar-refractivity contribution < 1.29 is 44.6 Å². The van der Waals surface area contributed by atoms with Crippen LogP contribution in [0.25, 0.3) is 0 Å². The van der Waals surface area contributed by atoms with Crippen LogP contribution < -0.4 is 5.32 Å². The van der Waals surface area contributed by atoms with E-state index in [1.165, 1.54) is 6.92 Å². The highest BCUT2D eigenvalue weighted by Crippen LogP contribution is 2.50. The molecule has 1 heterocycles. The molecule has 186 valence electrons. The van der Waals surface area contributed by atoms with Crippen LogP contribution >= 0.6 is 0 Å². The molecule has 32 heavy (non-hydrogen) atoms. The van der Waals surface area contributed by atoms with Crippen molar-refractivity contribution in [3.63, 3.8) is 0 Å². The van der Waals surface area contributed by atoms with E-state index < -0.39 is 60.1 Å². The monoisotopic (exact) mass is 461 g/mol. The Morgan fingerprint density at radius 3 is 2.22 bits per heavy atom. The molecule has 0 unspecified atom stereocenters. The standard InChI is InChI=1S/C22H39NO9/c1-12(25)23-16-14(26)10-22(19(29)31-5,32-18(16)17(28)15(27)11-24)21(30)8-6-13(7-9-21)20(2,3)4/h13-18,24,26-28,30H,6-11H2,1-5H3,(H,23,25)/t13?,14-,15+,16+,17-,18+,21?,22+/m0/s1. The number of aliphatic hydroxyl groups excluding tert-OH is 4. The summed E-state index contributed by atoms with van der Waals surface area (Å²) in [6.07, 6.45) is -5.07. The van der Waals surface area contributed by atoms with E-state index in [9.17, 15) is 35.1 Å². The number of carbonyl (C=O) groups excluding carboxylic acids is 2. The first-order valence-corrected chi connectivity index (χ1v) is 11.1. The molecule has 1 saturated heterocycles. The van der Waals surface area contributed by atoms with Crippen molar-refractivity contribution in [3.8, 4) is 0 Å². The highest BCUT2D eigenvalue weighted by molar-refractivity contribution is 5.82. The summed E-state index contributed by atoms with van der Waals surface area (Å²) in [6, 6.07) is -1.18. The van der Waals surface area contributed by atoms with Crippen LogP contribution in [0.4, 0.5) is 0 Å². The van der Waals surface area contributed by atoms with Crippen molar-refractivity contribution >= 4 is 11.9 Å². The van der Waals surface area contributed by atoms with Crippen LogP contribution in [0.15, 0.2) is 0 Å². The first-order valence-electron chi connectivity index (χ1n) is 11.1. The van der Waals surface area contributed by atoms with Crippen LogP contribution in [0.3, 0.4) is 0 Å². The highest BCUT2D eigenvalue weighted by atomic mass is 16.6. The molecular formula is C22H39NO9. The fourth-order valence-electron chi connectivity index (χ4n) is 5.17. The number of esters is 1. The van der Waals surface area contributed by atoms with Gasteiger partial charge in [-0.2, -0.15) is 0 Å². The van der Waals surface area contributed by atoms with Crippen molar-refractivity contribution in [3.05, 3.63) is 0 Å². The van der Waals surface area contributed by atoms with E-state index in [4.69, 9.17) is 9.47 Å². The molecule has 6 N–H and O–H groups in total. The minimum Gasteiger partial charge on any atom is -0.467 e. The van der Waals surface area contributed by atoms with E-state index in [1.54, 1.807) is 0 Å². The van der Waals surface area contributed by atoms with Gasteiger partial charge in [0, 0.05) is 13.3 Å². The lowest BCUT2D eigenvalue weighted by Crippen LogP contribution is -2.73. The number of aliphatic hydroxyl groups is 5. The number of nitrogens with one attached hydrogen (secondary N) is 1. The number of ether oxygens (including phenoxy) is 2. The van der Waals surface area contributed by atoms with E-state index in [1.807, 2.05) is 0 Å². The molecule has 1 amide bonds. The summed E-state index contributed by atoms with van der Waals surface area (Å²) in [6.45, 7) is 6.73. The predicted molar refractivity (Wildman–Crippen MR) is 113 cm³/mol. The smallest absolute Gasteiger partial charge is 0.341 e. The summed E-state index contributed by atoms with van der Waals surface area (Å²) in [4.78, 5) is 24.8. The summed E-state index contributed by atoms with van der Waals surface area (Å²) in [5.41, 5.74) is -3.72. The Kier molecular flexibility index (Phi) is 8.34. The van der Waals surface area contributed by atoms with E-state index in [-0.39, 0.29) is 24.7 Å². The molecule has 2 rings (SSSR count). The zero-order valence-electron chi connectivity index (χ0n) is 19.6. The number of amides is 1. The van der Waals surface area contributed by atoms with Crippen molar-refractivity contribution in [1.29, 1.82) is 0 Å². The largest absolute Gasteiger partial charge is 0.467 e. The SMILES string of the molecule is COC(=O)[C@@]1(C2(O)CCC(C(C)(C)C)CC2)C[C@H](O)[C@@H](NC(C)=O)[C@H]([C@@H](O)[C@H](O)CO)O1. The Hall–Kier alpha value is -1.30. The molecular weight excluding hydrogens is 422 g/mol. The highest BCUT2D eigenvalue weighted by Gasteiger charge is 2.65. The van der Waals surface area contributed by atoms with Crippen molar-refractivity contribution in [2.45, 2.75) is 101 Å². The van der Waals surface area contributed by atoms with Crippen LogP contribution in [0.5, 0.6) is 0 Å². The topological polar surface area (TPSA) is 166 Å². The van der Waals surface area contributed by atoms with E-state index in [2.05, 4.69) is 26.1 Å². The zero-order valence-corrected chi connectivity index (χ0v) is 19.6. The lowest BCUT2D eigenvalue weighted by atomic mass is 9.62. The predicted octanol–water partition coefficient (Wildman–Crippen LogP) is -0.766. The van der Waals surface area contributed by atoms with Gasteiger partial charge in [-0.15, -0.1) is 0 Å². The van der Waals surface area contributed by atoms with E-state index in [0.717, 1.165) is 7.11 Å². The zero-order chi connectivity index (χ0) is 24.5. The van der Waals surface area contributed by atoms with Gasteiger partial charge in [-0.05, 0) is 37.0 Å². The normalized spacial score (nSPS) is 37.9. The Balaban J connectivity index is 2.47. The first-order chi connectivity index (χ1) is 14.7. The molecule has 0 bridgehead atoms. The first kappa shape index (κ1) is 26.9. The molecule has 2 aliphatic rings. The third-order valence-corrected chi connectivity index (χ3v) is 7.19. The lowest BCUT2D eigenvalue weighted by molar-refractivity contribution is -0.283. The number of carbonyl (C=O) groups is 2. The molecule has 6 atom stereocenters. The molecule has 0 aromatic carbocycles. The molecule has 2 fully saturated rings.